The van der Waals surface area contributed by atoms with Crippen molar-refractivity contribution in [2.24, 2.45) is 16.6 Å². The van der Waals surface area contributed by atoms with Crippen LogP contribution in [0.2, 0.25) is 0 Å². The van der Waals surface area contributed by atoms with Crippen LogP contribution in [-0.2, 0) is 4.79 Å². The molecule has 0 aromatic heterocycles. The summed E-state index contributed by atoms with van der Waals surface area (Å²) in [4.78, 5) is 12.5. The van der Waals surface area contributed by atoms with Gasteiger partial charge in [-0.25, -0.2) is 0 Å². The van der Waals surface area contributed by atoms with Crippen LogP contribution < -0.4 is 11.1 Å². The highest BCUT2D eigenvalue weighted by molar-refractivity contribution is 5.49. The minimum absolute atomic E-state index is 0.166. The Morgan fingerprint density at radius 3 is 2.59 bits per heavy atom. The molecule has 0 amide bonds. The highest BCUT2D eigenvalue weighted by Crippen LogP contribution is 2.46. The summed E-state index contributed by atoms with van der Waals surface area (Å²) in [5, 5.41) is 12.9. The second kappa shape index (κ2) is 14.9. The molecule has 200 valence electrons. The van der Waals surface area contributed by atoms with Crippen LogP contribution in [0.1, 0.15) is 67.7 Å². The number of nitrogens with zero attached hydrogens (tertiary/aromatic N) is 2. The number of nitrogens with one attached hydrogen (secondary N) is 1. The van der Waals surface area contributed by atoms with Crippen molar-refractivity contribution in [3.8, 4) is 6.07 Å². The number of allylic oxidation sites excluding steroid dienone is 12. The molecular weight excluding hydrogens is 456 g/mol. The Morgan fingerprint density at radius 1 is 1.30 bits per heavy atom. The highest BCUT2D eigenvalue weighted by atomic mass is 16.1. The van der Waals surface area contributed by atoms with Crippen LogP contribution in [0.3, 0.4) is 0 Å². The lowest BCUT2D eigenvalue weighted by Gasteiger charge is -2.28. The summed E-state index contributed by atoms with van der Waals surface area (Å²) in [6.45, 7) is 20.5. The maximum absolute atomic E-state index is 10.4. The van der Waals surface area contributed by atoms with Gasteiger partial charge in [-0.1, -0.05) is 65.5 Å². The average molecular weight is 503 g/mol. The summed E-state index contributed by atoms with van der Waals surface area (Å²) in [6.07, 6.45) is 21.0. The first kappa shape index (κ1) is 31.5. The van der Waals surface area contributed by atoms with E-state index in [1.807, 2.05) is 56.5 Å². The van der Waals surface area contributed by atoms with Gasteiger partial charge in [0.2, 0.25) is 0 Å². The van der Waals surface area contributed by atoms with Gasteiger partial charge in [0.05, 0.1) is 11.6 Å². The molecule has 5 nitrogen and oxygen atoms in total. The second-order valence-electron chi connectivity index (χ2n) is 10.5. The smallest absolute Gasteiger partial charge is 0.121 e. The Labute approximate surface area is 225 Å². The number of nitrogens with two attached hydrogens (primary N) is 1. The molecule has 0 saturated carbocycles. The Morgan fingerprint density at radius 2 is 2.00 bits per heavy atom. The number of nitriles is 1. The molecule has 0 aliphatic carbocycles. The van der Waals surface area contributed by atoms with E-state index >= 15 is 0 Å². The number of hydrogen-bond donors (Lipinski definition) is 2. The van der Waals surface area contributed by atoms with Crippen LogP contribution in [0.4, 0.5) is 0 Å². The van der Waals surface area contributed by atoms with Crippen molar-refractivity contribution in [1.82, 2.24) is 10.2 Å². The second-order valence-corrected chi connectivity index (χ2v) is 10.5. The quantitative estimate of drug-likeness (QED) is 0.116. The van der Waals surface area contributed by atoms with Crippen molar-refractivity contribution in [2.45, 2.75) is 67.7 Å². The number of hydrogen-bond acceptors (Lipinski definition) is 5. The minimum Gasteiger partial charge on any atom is -0.390 e. The first-order valence-corrected chi connectivity index (χ1v) is 13.1. The van der Waals surface area contributed by atoms with Gasteiger partial charge in [-0.2, -0.15) is 5.26 Å². The van der Waals surface area contributed by atoms with E-state index in [4.69, 9.17) is 5.73 Å². The van der Waals surface area contributed by atoms with E-state index in [9.17, 15) is 10.1 Å². The third kappa shape index (κ3) is 9.13. The van der Waals surface area contributed by atoms with Crippen molar-refractivity contribution in [3.05, 3.63) is 95.2 Å². The SMILES string of the molecule is C=C(/C=C(C)\C=C/NCCC=O)C(C)(C)C/C=C/C(C#N)=C/C=C1/N(CCC)C(N)=C(/C=C\C)C1(C)C. The maximum Gasteiger partial charge on any atom is 0.121 e. The fourth-order valence-electron chi connectivity index (χ4n) is 4.14. The van der Waals surface area contributed by atoms with Crippen LogP contribution in [0.15, 0.2) is 95.2 Å². The summed E-state index contributed by atoms with van der Waals surface area (Å²) < 4.78 is 0. The van der Waals surface area contributed by atoms with Gasteiger partial charge < -0.3 is 20.7 Å². The standard InChI is InChI=1S/C32H46N4O/c1-9-13-28-30(34)36(21-10-2)29(32(28,7)8)16-15-27(24-33)14-11-18-31(5,6)26(4)23-25(3)17-20-35-19-12-22-37/h9,11,13-17,20,22-23,35H,4,10,12,18-19,21,34H2,1-3,5-8H3/b13-9-,14-11+,20-17-,25-23-,27-15-,29-16+. The van der Waals surface area contributed by atoms with Crippen LogP contribution >= 0.6 is 0 Å². The third-order valence-corrected chi connectivity index (χ3v) is 6.57. The van der Waals surface area contributed by atoms with E-state index in [0.29, 0.717) is 18.5 Å². The van der Waals surface area contributed by atoms with E-state index in [-0.39, 0.29) is 10.8 Å². The Bertz CT molecular complexity index is 1070. The number of carbonyl (C=O) groups is 1. The van der Waals surface area contributed by atoms with Crippen molar-refractivity contribution < 1.29 is 4.79 Å². The monoisotopic (exact) mass is 502 g/mol. The predicted octanol–water partition coefficient (Wildman–Crippen LogP) is 6.99. The van der Waals surface area contributed by atoms with E-state index < -0.39 is 0 Å². The first-order valence-electron chi connectivity index (χ1n) is 13.1. The zero-order valence-corrected chi connectivity index (χ0v) is 23.9. The van der Waals surface area contributed by atoms with Crippen molar-refractivity contribution in [2.75, 3.05) is 13.1 Å². The molecular formula is C32H46N4O. The molecule has 0 bridgehead atoms. The zero-order chi connectivity index (χ0) is 28.1. The fraction of sp³-hybridized carbons (Fsp3) is 0.438. The van der Waals surface area contributed by atoms with E-state index in [2.05, 4.69) is 69.6 Å². The normalized spacial score (nSPS) is 18.0. The van der Waals surface area contributed by atoms with Crippen LogP contribution in [0.25, 0.3) is 0 Å². The molecule has 0 unspecified atom stereocenters. The molecule has 1 rings (SSSR count). The van der Waals surface area contributed by atoms with Crippen molar-refractivity contribution >= 4 is 6.29 Å². The summed E-state index contributed by atoms with van der Waals surface area (Å²) in [5.41, 5.74) is 11.0. The predicted molar refractivity (Wildman–Crippen MR) is 157 cm³/mol. The van der Waals surface area contributed by atoms with E-state index in [0.717, 1.165) is 53.9 Å². The van der Waals surface area contributed by atoms with Crippen LogP contribution in [-0.4, -0.2) is 24.3 Å². The van der Waals surface area contributed by atoms with Gasteiger partial charge in [-0.05, 0) is 73.8 Å². The molecule has 0 atom stereocenters. The molecule has 0 aromatic carbocycles. The summed E-state index contributed by atoms with van der Waals surface area (Å²) in [7, 11) is 0. The molecule has 0 fully saturated rings. The molecule has 1 heterocycles. The number of carbonyl (C=O) groups excluding carboxylic acids is 1. The molecule has 1 aliphatic heterocycles. The molecule has 1 aliphatic rings. The Hall–Kier alpha value is -3.52. The lowest BCUT2D eigenvalue weighted by molar-refractivity contribution is -0.107. The number of rotatable bonds is 14. The average Bonchev–Trinajstić information content (AvgIpc) is 3.01. The maximum atomic E-state index is 10.4. The van der Waals surface area contributed by atoms with E-state index in [1.54, 1.807) is 0 Å². The summed E-state index contributed by atoms with van der Waals surface area (Å²) in [6, 6.07) is 2.31. The third-order valence-electron chi connectivity index (χ3n) is 6.57. The summed E-state index contributed by atoms with van der Waals surface area (Å²) >= 11 is 0. The highest BCUT2D eigenvalue weighted by Gasteiger charge is 2.39. The minimum atomic E-state index is -0.241. The molecule has 3 N–H and O–H groups in total. The van der Waals surface area contributed by atoms with Crippen LogP contribution in [0.5, 0.6) is 0 Å². The van der Waals surface area contributed by atoms with Crippen LogP contribution in [0, 0.1) is 22.2 Å². The van der Waals surface area contributed by atoms with Gasteiger partial charge >= 0.3 is 0 Å². The lowest BCUT2D eigenvalue weighted by Crippen LogP contribution is -2.26. The van der Waals surface area contributed by atoms with Gasteiger partial charge in [-0.15, -0.1) is 0 Å². The molecule has 0 aromatic rings. The van der Waals surface area contributed by atoms with Crippen molar-refractivity contribution in [3.63, 3.8) is 0 Å². The largest absolute Gasteiger partial charge is 0.390 e. The first-order chi connectivity index (χ1) is 17.5. The molecule has 37 heavy (non-hydrogen) atoms. The molecule has 0 saturated heterocycles. The lowest BCUT2D eigenvalue weighted by atomic mass is 9.81. The molecule has 0 spiro atoms. The topological polar surface area (TPSA) is 82.2 Å². The van der Waals surface area contributed by atoms with Crippen molar-refractivity contribution in [1.29, 1.82) is 5.26 Å². The molecule has 5 heteroatoms. The summed E-state index contributed by atoms with van der Waals surface area (Å²) in [5.74, 6) is 0.786. The van der Waals surface area contributed by atoms with Gasteiger partial charge in [0.15, 0.2) is 0 Å². The fourth-order valence-corrected chi connectivity index (χ4v) is 4.14. The Kier molecular flexibility index (Phi) is 12.7. The van der Waals surface area contributed by atoms with Gasteiger partial charge in [-0.3, -0.25) is 0 Å². The number of aldehydes is 1. The van der Waals surface area contributed by atoms with Gasteiger partial charge in [0, 0.05) is 36.2 Å². The molecule has 0 radical (unpaired) electrons. The Balaban J connectivity index is 3.01. The zero-order valence-electron chi connectivity index (χ0n) is 23.9. The van der Waals surface area contributed by atoms with Gasteiger partial charge in [0.25, 0.3) is 0 Å². The van der Waals surface area contributed by atoms with Gasteiger partial charge in [0.1, 0.15) is 12.1 Å². The van der Waals surface area contributed by atoms with E-state index in [1.165, 1.54) is 0 Å².